The Kier molecular flexibility index (Phi) is 6.31. The number of nitrogens with zero attached hydrogens (tertiary/aromatic N) is 2. The van der Waals surface area contributed by atoms with E-state index in [9.17, 15) is 9.59 Å². The maximum Gasteiger partial charge on any atom is 0.317 e. The molecule has 1 aliphatic heterocycles. The molecule has 1 N–H and O–H groups in total. The molecule has 0 spiro atoms. The third kappa shape index (κ3) is 6.04. The molecule has 0 aromatic carbocycles. The second kappa shape index (κ2) is 8.02. The fraction of sp³-hybridized carbons (Fsp3) is 0.889. The number of rotatable bonds is 2. The fourth-order valence-electron chi connectivity index (χ4n) is 3.45. The highest BCUT2D eigenvalue weighted by molar-refractivity contribution is 5.77. The van der Waals surface area contributed by atoms with E-state index >= 15 is 0 Å². The molecule has 3 amide bonds. The number of carbonyl (C=O) groups excluding carboxylic acids is 2. The Hall–Kier alpha value is -1.26. The van der Waals surface area contributed by atoms with Crippen LogP contribution in [0.5, 0.6) is 0 Å². The van der Waals surface area contributed by atoms with Crippen LogP contribution in [0.3, 0.4) is 0 Å². The zero-order valence-electron chi connectivity index (χ0n) is 15.1. The van der Waals surface area contributed by atoms with E-state index in [1.807, 2.05) is 9.80 Å². The van der Waals surface area contributed by atoms with Gasteiger partial charge in [-0.3, -0.25) is 4.79 Å². The topological polar surface area (TPSA) is 52.7 Å². The molecule has 1 saturated carbocycles. The third-order valence-electron chi connectivity index (χ3n) is 4.75. The summed E-state index contributed by atoms with van der Waals surface area (Å²) in [5.41, 5.74) is 0.0153. The first-order chi connectivity index (χ1) is 10.8. The Morgan fingerprint density at radius 1 is 0.913 bits per heavy atom. The quantitative estimate of drug-likeness (QED) is 0.849. The maximum absolute atomic E-state index is 12.4. The van der Waals surface area contributed by atoms with Crippen molar-refractivity contribution < 1.29 is 9.59 Å². The highest BCUT2D eigenvalue weighted by Crippen LogP contribution is 2.21. The lowest BCUT2D eigenvalue weighted by atomic mass is 9.91. The van der Waals surface area contributed by atoms with E-state index in [4.69, 9.17) is 0 Å². The van der Waals surface area contributed by atoms with Gasteiger partial charge < -0.3 is 15.1 Å². The molecule has 2 fully saturated rings. The molecule has 0 bridgehead atoms. The van der Waals surface area contributed by atoms with E-state index in [2.05, 4.69) is 26.1 Å². The second-order valence-corrected chi connectivity index (χ2v) is 8.24. The summed E-state index contributed by atoms with van der Waals surface area (Å²) >= 11 is 0. The first kappa shape index (κ1) is 18.1. The molecule has 0 unspecified atom stereocenters. The van der Waals surface area contributed by atoms with Crippen LogP contribution in [0.2, 0.25) is 0 Å². The number of nitrogens with one attached hydrogen (secondary N) is 1. The van der Waals surface area contributed by atoms with Gasteiger partial charge in [-0.05, 0) is 24.7 Å². The summed E-state index contributed by atoms with van der Waals surface area (Å²) in [6.45, 7) is 9.09. The van der Waals surface area contributed by atoms with Crippen LogP contribution in [-0.4, -0.2) is 54.0 Å². The number of hydrogen-bond acceptors (Lipinski definition) is 2. The van der Waals surface area contributed by atoms with E-state index in [1.54, 1.807) is 0 Å². The van der Waals surface area contributed by atoms with E-state index in [0.717, 1.165) is 32.4 Å². The monoisotopic (exact) mass is 323 g/mol. The van der Waals surface area contributed by atoms with Crippen molar-refractivity contribution in [2.75, 3.05) is 26.2 Å². The predicted octanol–water partition coefficient (Wildman–Crippen LogP) is 3.00. The van der Waals surface area contributed by atoms with Crippen LogP contribution in [-0.2, 0) is 4.79 Å². The smallest absolute Gasteiger partial charge is 0.317 e. The van der Waals surface area contributed by atoms with Crippen LogP contribution < -0.4 is 5.32 Å². The molecule has 0 aromatic heterocycles. The highest BCUT2D eigenvalue weighted by Gasteiger charge is 2.26. The Morgan fingerprint density at radius 3 is 2.17 bits per heavy atom. The van der Waals surface area contributed by atoms with E-state index in [-0.39, 0.29) is 17.4 Å². The van der Waals surface area contributed by atoms with Crippen molar-refractivity contribution in [1.29, 1.82) is 0 Å². The van der Waals surface area contributed by atoms with E-state index < -0.39 is 0 Å². The summed E-state index contributed by atoms with van der Waals surface area (Å²) in [5.74, 6) is 0.215. The number of hydrogen-bond donors (Lipinski definition) is 1. The molecular weight excluding hydrogens is 290 g/mol. The van der Waals surface area contributed by atoms with Gasteiger partial charge >= 0.3 is 6.03 Å². The van der Waals surface area contributed by atoms with E-state index in [0.29, 0.717) is 25.6 Å². The lowest BCUT2D eigenvalue weighted by Gasteiger charge is -2.28. The van der Waals surface area contributed by atoms with Crippen molar-refractivity contribution in [3.8, 4) is 0 Å². The average Bonchev–Trinajstić information content (AvgIpc) is 2.72. The lowest BCUT2D eigenvalue weighted by molar-refractivity contribution is -0.132. The minimum Gasteiger partial charge on any atom is -0.341 e. The molecule has 5 heteroatoms. The summed E-state index contributed by atoms with van der Waals surface area (Å²) in [4.78, 5) is 28.6. The van der Waals surface area contributed by atoms with Gasteiger partial charge in [0.2, 0.25) is 5.91 Å². The molecular formula is C18H33N3O2. The normalized spacial score (nSPS) is 21.0. The van der Waals surface area contributed by atoms with Crippen molar-refractivity contribution in [3.63, 3.8) is 0 Å². The Morgan fingerprint density at radius 2 is 1.52 bits per heavy atom. The van der Waals surface area contributed by atoms with Gasteiger partial charge in [0.15, 0.2) is 0 Å². The standard InChI is InChI=1S/C18H33N3O2/c1-18(2,3)14-16(22)20-10-7-11-21(13-12-20)17(23)19-15-8-5-4-6-9-15/h15H,4-14H2,1-3H3,(H,19,23). The summed E-state index contributed by atoms with van der Waals surface area (Å²) in [7, 11) is 0. The van der Waals surface area contributed by atoms with Gasteiger partial charge in [0.1, 0.15) is 0 Å². The van der Waals surface area contributed by atoms with E-state index in [1.165, 1.54) is 19.3 Å². The van der Waals surface area contributed by atoms with Crippen LogP contribution in [0.25, 0.3) is 0 Å². The summed E-state index contributed by atoms with van der Waals surface area (Å²) < 4.78 is 0. The summed E-state index contributed by atoms with van der Waals surface area (Å²) in [6, 6.07) is 0.403. The molecule has 2 aliphatic rings. The molecule has 2 rings (SSSR count). The molecule has 132 valence electrons. The van der Waals surface area contributed by atoms with Gasteiger partial charge in [-0.1, -0.05) is 40.0 Å². The zero-order valence-corrected chi connectivity index (χ0v) is 15.1. The summed E-state index contributed by atoms with van der Waals surface area (Å²) in [5, 5.41) is 3.18. The van der Waals surface area contributed by atoms with Crippen LogP contribution in [0.15, 0.2) is 0 Å². The molecule has 0 atom stereocenters. The van der Waals surface area contributed by atoms with Gasteiger partial charge in [-0.2, -0.15) is 0 Å². The zero-order chi connectivity index (χ0) is 16.9. The van der Waals surface area contributed by atoms with Gasteiger partial charge in [0.05, 0.1) is 0 Å². The molecule has 0 aromatic rings. The van der Waals surface area contributed by atoms with Gasteiger partial charge in [-0.15, -0.1) is 0 Å². The van der Waals surface area contributed by atoms with Crippen LogP contribution in [0.4, 0.5) is 4.79 Å². The fourth-order valence-corrected chi connectivity index (χ4v) is 3.45. The molecule has 0 radical (unpaired) electrons. The van der Waals surface area contributed by atoms with Crippen molar-refractivity contribution in [2.45, 2.75) is 71.8 Å². The van der Waals surface area contributed by atoms with Gasteiger partial charge in [0.25, 0.3) is 0 Å². The number of amides is 3. The SMILES string of the molecule is CC(C)(C)CC(=O)N1CCCN(C(=O)NC2CCCCC2)CC1. The van der Waals surface area contributed by atoms with Crippen molar-refractivity contribution >= 4 is 11.9 Å². The van der Waals surface area contributed by atoms with Crippen molar-refractivity contribution in [1.82, 2.24) is 15.1 Å². The Labute approximate surface area is 140 Å². The number of carbonyl (C=O) groups is 2. The van der Waals surface area contributed by atoms with Crippen LogP contribution in [0.1, 0.15) is 65.7 Å². The second-order valence-electron chi connectivity index (χ2n) is 8.24. The first-order valence-electron chi connectivity index (χ1n) is 9.18. The Balaban J connectivity index is 1.80. The minimum atomic E-state index is 0.0153. The van der Waals surface area contributed by atoms with Crippen molar-refractivity contribution in [2.24, 2.45) is 5.41 Å². The first-order valence-corrected chi connectivity index (χ1v) is 9.18. The highest BCUT2D eigenvalue weighted by atomic mass is 16.2. The Bertz CT molecular complexity index is 411. The van der Waals surface area contributed by atoms with Gasteiger partial charge in [0, 0.05) is 38.6 Å². The summed E-state index contributed by atoms with van der Waals surface area (Å²) in [6.07, 6.45) is 7.39. The number of urea groups is 1. The van der Waals surface area contributed by atoms with Crippen LogP contribution in [0, 0.1) is 5.41 Å². The molecule has 1 heterocycles. The minimum absolute atomic E-state index is 0.0153. The molecule has 1 aliphatic carbocycles. The molecule has 23 heavy (non-hydrogen) atoms. The van der Waals surface area contributed by atoms with Crippen LogP contribution >= 0.6 is 0 Å². The molecule has 5 nitrogen and oxygen atoms in total. The molecule has 1 saturated heterocycles. The third-order valence-corrected chi connectivity index (χ3v) is 4.75. The van der Waals surface area contributed by atoms with Gasteiger partial charge in [-0.25, -0.2) is 4.79 Å². The average molecular weight is 323 g/mol. The van der Waals surface area contributed by atoms with Crippen molar-refractivity contribution in [3.05, 3.63) is 0 Å². The lowest BCUT2D eigenvalue weighted by Crippen LogP contribution is -2.47. The maximum atomic E-state index is 12.4. The predicted molar refractivity (Wildman–Crippen MR) is 92.2 cm³/mol. The largest absolute Gasteiger partial charge is 0.341 e.